The van der Waals surface area contributed by atoms with E-state index in [2.05, 4.69) is 10.3 Å². The first kappa shape index (κ1) is 28.1. The van der Waals surface area contributed by atoms with Gasteiger partial charge in [0.1, 0.15) is 0 Å². The number of hydrazine groups is 1. The first-order valence-corrected chi connectivity index (χ1v) is 14.1. The first-order chi connectivity index (χ1) is 20.7. The van der Waals surface area contributed by atoms with Gasteiger partial charge in [0.05, 0.1) is 23.7 Å². The van der Waals surface area contributed by atoms with Crippen LogP contribution < -0.4 is 31.5 Å². The molecule has 0 bridgehead atoms. The lowest BCUT2D eigenvalue weighted by atomic mass is 9.95. The number of carbonyl (C=O) groups is 2. The van der Waals surface area contributed by atoms with Crippen LogP contribution in [-0.4, -0.2) is 47.1 Å². The maximum Gasteiger partial charge on any atom is 0.293 e. The predicted molar refractivity (Wildman–Crippen MR) is 167 cm³/mol. The second-order valence-electron chi connectivity index (χ2n) is 11.0. The highest BCUT2D eigenvalue weighted by Crippen LogP contribution is 2.35. The van der Waals surface area contributed by atoms with Crippen LogP contribution in [-0.2, 0) is 31.3 Å². The van der Waals surface area contributed by atoms with Gasteiger partial charge in [-0.15, -0.1) is 0 Å². The molecule has 220 valence electrons. The van der Waals surface area contributed by atoms with E-state index in [4.69, 9.17) is 5.84 Å². The Morgan fingerprint density at radius 2 is 1.77 bits per heavy atom. The van der Waals surface area contributed by atoms with E-state index in [9.17, 15) is 19.5 Å². The SMILES string of the molecule is CN(C)c1ccc2c(c1)CCN(c1cccc(-c3cn(C)c(=O)c(Nc4ccc5c(c4)N(N)C(=O)CC5)n3)c1CO)C2=O. The summed E-state index contributed by atoms with van der Waals surface area (Å²) in [6.07, 6.45) is 3.23. The second-order valence-corrected chi connectivity index (χ2v) is 11.0. The number of benzene rings is 3. The van der Waals surface area contributed by atoms with Gasteiger partial charge >= 0.3 is 0 Å². The molecule has 0 fully saturated rings. The number of aliphatic hydroxyl groups excluding tert-OH is 1. The molecule has 3 aromatic carbocycles. The largest absolute Gasteiger partial charge is 0.392 e. The molecule has 43 heavy (non-hydrogen) atoms. The summed E-state index contributed by atoms with van der Waals surface area (Å²) in [5, 5.41) is 14.8. The van der Waals surface area contributed by atoms with Crippen LogP contribution in [0.4, 0.5) is 28.6 Å². The van der Waals surface area contributed by atoms with Crippen molar-refractivity contribution < 1.29 is 14.7 Å². The molecule has 1 aromatic heterocycles. The van der Waals surface area contributed by atoms with Gasteiger partial charge in [-0.3, -0.25) is 14.4 Å². The first-order valence-electron chi connectivity index (χ1n) is 14.1. The number of nitrogens with zero attached hydrogens (tertiary/aromatic N) is 5. The predicted octanol–water partition coefficient (Wildman–Crippen LogP) is 3.11. The van der Waals surface area contributed by atoms with Gasteiger partial charge in [0.25, 0.3) is 11.5 Å². The maximum atomic E-state index is 13.6. The van der Waals surface area contributed by atoms with E-state index in [0.717, 1.165) is 21.8 Å². The molecule has 4 N–H and O–H groups in total. The third-order valence-corrected chi connectivity index (χ3v) is 8.12. The number of aryl methyl sites for hydroxylation is 2. The Labute approximate surface area is 248 Å². The van der Waals surface area contributed by atoms with E-state index in [-0.39, 0.29) is 29.8 Å². The summed E-state index contributed by atoms with van der Waals surface area (Å²) in [6.45, 7) is 0.131. The summed E-state index contributed by atoms with van der Waals surface area (Å²) < 4.78 is 1.42. The Balaban J connectivity index is 1.36. The second kappa shape index (κ2) is 11.0. The standard InChI is InChI=1S/C32H33N7O4/c1-36(2)22-10-11-23-20(15-22)13-14-38(31(23)42)27-6-4-5-24(25(27)18-40)26-17-37(3)32(43)30(35-26)34-21-9-7-19-8-12-29(41)39(33)28(19)16-21/h4-7,9-11,15-17,40H,8,12-14,18,33H2,1-3H3,(H,34,35). The molecule has 3 heterocycles. The summed E-state index contributed by atoms with van der Waals surface area (Å²) in [4.78, 5) is 47.2. The van der Waals surface area contributed by atoms with Crippen molar-refractivity contribution in [1.29, 1.82) is 0 Å². The number of rotatable bonds is 6. The van der Waals surface area contributed by atoms with Gasteiger partial charge in [-0.05, 0) is 60.4 Å². The van der Waals surface area contributed by atoms with E-state index in [1.807, 2.05) is 67.5 Å². The fraction of sp³-hybridized carbons (Fsp3) is 0.250. The third kappa shape index (κ3) is 5.02. The van der Waals surface area contributed by atoms with E-state index in [1.165, 1.54) is 4.57 Å². The summed E-state index contributed by atoms with van der Waals surface area (Å²) in [7, 11) is 5.56. The fourth-order valence-corrected chi connectivity index (χ4v) is 5.74. The van der Waals surface area contributed by atoms with Crippen molar-refractivity contribution in [1.82, 2.24) is 9.55 Å². The molecule has 4 aromatic rings. The number of hydrogen-bond acceptors (Lipinski definition) is 8. The molecule has 2 amide bonds. The summed E-state index contributed by atoms with van der Waals surface area (Å²) in [6, 6.07) is 16.7. The molecule has 11 heteroatoms. The van der Waals surface area contributed by atoms with Crippen molar-refractivity contribution in [3.8, 4) is 11.3 Å². The van der Waals surface area contributed by atoms with Crippen LogP contribution in [0.3, 0.4) is 0 Å². The van der Waals surface area contributed by atoms with Gasteiger partial charge in [-0.2, -0.15) is 0 Å². The average molecular weight is 580 g/mol. The number of anilines is 5. The number of carbonyl (C=O) groups excluding carboxylic acids is 2. The summed E-state index contributed by atoms with van der Waals surface area (Å²) in [5.41, 5.74) is 6.57. The van der Waals surface area contributed by atoms with Gasteiger partial charge in [-0.25, -0.2) is 15.8 Å². The smallest absolute Gasteiger partial charge is 0.293 e. The number of aromatic nitrogens is 2. The van der Waals surface area contributed by atoms with Gasteiger partial charge in [0, 0.05) is 68.4 Å². The van der Waals surface area contributed by atoms with Crippen molar-refractivity contribution in [2.24, 2.45) is 12.9 Å². The van der Waals surface area contributed by atoms with Crippen molar-refractivity contribution in [3.05, 3.63) is 93.4 Å². The Bertz CT molecular complexity index is 1830. The highest BCUT2D eigenvalue weighted by Gasteiger charge is 2.29. The number of fused-ring (bicyclic) bond motifs is 2. The van der Waals surface area contributed by atoms with Crippen LogP contribution in [0.25, 0.3) is 11.3 Å². The summed E-state index contributed by atoms with van der Waals surface area (Å²) >= 11 is 0. The average Bonchev–Trinajstić information content (AvgIpc) is 3.01. The topological polar surface area (TPSA) is 137 Å². The number of aliphatic hydroxyl groups is 1. The van der Waals surface area contributed by atoms with Gasteiger partial charge < -0.3 is 24.8 Å². The molecule has 0 unspecified atom stereocenters. The van der Waals surface area contributed by atoms with Gasteiger partial charge in [0.15, 0.2) is 5.82 Å². The molecule has 0 radical (unpaired) electrons. The lowest BCUT2D eigenvalue weighted by Crippen LogP contribution is -2.40. The molecular weight excluding hydrogens is 546 g/mol. The molecule has 0 atom stereocenters. The minimum absolute atomic E-state index is 0.0691. The Morgan fingerprint density at radius 3 is 2.53 bits per heavy atom. The van der Waals surface area contributed by atoms with E-state index in [0.29, 0.717) is 65.3 Å². The van der Waals surface area contributed by atoms with Crippen LogP contribution >= 0.6 is 0 Å². The van der Waals surface area contributed by atoms with Crippen LogP contribution in [0.2, 0.25) is 0 Å². The van der Waals surface area contributed by atoms with E-state index in [1.54, 1.807) is 24.2 Å². The molecule has 2 aliphatic heterocycles. The highest BCUT2D eigenvalue weighted by molar-refractivity contribution is 6.09. The van der Waals surface area contributed by atoms with E-state index < -0.39 is 0 Å². The van der Waals surface area contributed by atoms with Crippen molar-refractivity contribution in [2.45, 2.75) is 25.9 Å². The molecule has 2 aliphatic rings. The number of nitrogens with two attached hydrogens (primary N) is 1. The third-order valence-electron chi connectivity index (χ3n) is 8.12. The van der Waals surface area contributed by atoms with Gasteiger partial charge in [-0.1, -0.05) is 18.2 Å². The maximum absolute atomic E-state index is 13.6. The molecule has 11 nitrogen and oxygen atoms in total. The zero-order valence-corrected chi connectivity index (χ0v) is 24.3. The van der Waals surface area contributed by atoms with Gasteiger partial charge in [0.2, 0.25) is 5.91 Å². The monoisotopic (exact) mass is 579 g/mol. The Hall–Kier alpha value is -5.00. The van der Waals surface area contributed by atoms with Crippen LogP contribution in [0.1, 0.15) is 33.5 Å². The number of amides is 2. The highest BCUT2D eigenvalue weighted by atomic mass is 16.3. The summed E-state index contributed by atoms with van der Waals surface area (Å²) in [5.74, 6) is 5.75. The Morgan fingerprint density at radius 1 is 0.953 bits per heavy atom. The van der Waals surface area contributed by atoms with Crippen LogP contribution in [0.15, 0.2) is 65.6 Å². The molecule has 0 saturated carbocycles. The lowest BCUT2D eigenvalue weighted by Gasteiger charge is -2.31. The van der Waals surface area contributed by atoms with Crippen molar-refractivity contribution >= 4 is 40.4 Å². The van der Waals surface area contributed by atoms with Crippen LogP contribution in [0.5, 0.6) is 0 Å². The van der Waals surface area contributed by atoms with E-state index >= 15 is 0 Å². The van der Waals surface area contributed by atoms with Crippen LogP contribution in [0, 0.1) is 0 Å². The molecule has 0 saturated heterocycles. The minimum atomic E-state index is -0.358. The Kier molecular flexibility index (Phi) is 7.20. The molecular formula is C32H33N7O4. The quantitative estimate of drug-likeness (QED) is 0.234. The molecule has 0 aliphatic carbocycles. The fourth-order valence-electron chi connectivity index (χ4n) is 5.74. The van der Waals surface area contributed by atoms with Crippen molar-refractivity contribution in [3.63, 3.8) is 0 Å². The number of nitrogens with one attached hydrogen (secondary N) is 1. The number of hydrogen-bond donors (Lipinski definition) is 3. The molecule has 0 spiro atoms. The zero-order chi connectivity index (χ0) is 30.4. The lowest BCUT2D eigenvalue weighted by molar-refractivity contribution is -0.119. The zero-order valence-electron chi connectivity index (χ0n) is 24.3. The normalized spacial score (nSPS) is 14.4. The molecule has 6 rings (SSSR count). The minimum Gasteiger partial charge on any atom is -0.392 e. The van der Waals surface area contributed by atoms with Crippen molar-refractivity contribution in [2.75, 3.05) is 40.8 Å².